The maximum Gasteiger partial charge on any atom is 0.272 e. The summed E-state index contributed by atoms with van der Waals surface area (Å²) in [6, 6.07) is 29.6. The molecule has 6 nitrogen and oxygen atoms in total. The number of rotatable bonds is 10. The zero-order valence-corrected chi connectivity index (χ0v) is 25.0. The minimum Gasteiger partial charge on any atom is -0.325 e. The minimum absolute atomic E-state index is 0.0717. The molecule has 0 aliphatic rings. The molecular formula is C35H35N3O3S. The van der Waals surface area contributed by atoms with Crippen LogP contribution in [0.25, 0.3) is 6.08 Å². The van der Waals surface area contributed by atoms with Gasteiger partial charge in [0.2, 0.25) is 5.91 Å². The fraction of sp³-hybridized carbons (Fsp3) is 0.171. The first-order valence-corrected chi connectivity index (χ1v) is 14.7. The quantitative estimate of drug-likeness (QED) is 0.134. The lowest BCUT2D eigenvalue weighted by Crippen LogP contribution is -2.30. The fourth-order valence-electron chi connectivity index (χ4n) is 4.20. The van der Waals surface area contributed by atoms with E-state index in [0.717, 1.165) is 32.8 Å². The van der Waals surface area contributed by atoms with Crippen LogP contribution in [0.5, 0.6) is 0 Å². The van der Waals surface area contributed by atoms with Crippen molar-refractivity contribution in [2.45, 2.75) is 44.3 Å². The first-order valence-electron chi connectivity index (χ1n) is 13.8. The third kappa shape index (κ3) is 8.21. The van der Waals surface area contributed by atoms with Crippen molar-refractivity contribution in [1.29, 1.82) is 0 Å². The topological polar surface area (TPSA) is 87.3 Å². The van der Waals surface area contributed by atoms with Crippen molar-refractivity contribution in [1.82, 2.24) is 5.32 Å². The van der Waals surface area contributed by atoms with Crippen LogP contribution in [-0.4, -0.2) is 23.0 Å². The molecule has 0 radical (unpaired) electrons. The summed E-state index contributed by atoms with van der Waals surface area (Å²) in [5.41, 5.74) is 5.97. The third-order valence-electron chi connectivity index (χ3n) is 6.81. The van der Waals surface area contributed by atoms with E-state index in [4.69, 9.17) is 0 Å². The molecule has 4 rings (SSSR count). The Labute approximate surface area is 251 Å². The van der Waals surface area contributed by atoms with E-state index in [2.05, 4.69) is 16.0 Å². The molecule has 3 N–H and O–H groups in total. The summed E-state index contributed by atoms with van der Waals surface area (Å²) in [6.07, 6.45) is 2.28. The summed E-state index contributed by atoms with van der Waals surface area (Å²) >= 11 is 1.44. The summed E-state index contributed by atoms with van der Waals surface area (Å²) in [6.45, 7) is 7.98. The molecule has 0 aromatic heterocycles. The number of amides is 3. The molecule has 42 heavy (non-hydrogen) atoms. The number of aryl methyl sites for hydroxylation is 2. The average molecular weight is 578 g/mol. The van der Waals surface area contributed by atoms with Crippen LogP contribution in [0.3, 0.4) is 0 Å². The SMILES string of the molecule is CCC(Sc1cccc(NC(=O)/C(=C\c2ccc(C)cc2)NC(=O)c2ccccc2)c1)C(=O)Nc1cccc(C)c1C. The van der Waals surface area contributed by atoms with Crippen LogP contribution < -0.4 is 16.0 Å². The average Bonchev–Trinajstić information content (AvgIpc) is 2.99. The van der Waals surface area contributed by atoms with Gasteiger partial charge in [0.05, 0.1) is 5.25 Å². The molecule has 7 heteroatoms. The van der Waals surface area contributed by atoms with Crippen molar-refractivity contribution < 1.29 is 14.4 Å². The monoisotopic (exact) mass is 577 g/mol. The zero-order chi connectivity index (χ0) is 30.1. The van der Waals surface area contributed by atoms with Gasteiger partial charge in [0.1, 0.15) is 5.70 Å². The van der Waals surface area contributed by atoms with E-state index in [1.807, 2.05) is 94.4 Å². The maximum absolute atomic E-state index is 13.4. The van der Waals surface area contributed by atoms with Crippen LogP contribution in [0, 0.1) is 20.8 Å². The number of nitrogens with one attached hydrogen (secondary N) is 3. The highest BCUT2D eigenvalue weighted by Gasteiger charge is 2.20. The lowest BCUT2D eigenvalue weighted by atomic mass is 10.1. The molecule has 0 fully saturated rings. The molecule has 4 aromatic carbocycles. The van der Waals surface area contributed by atoms with Gasteiger partial charge in [-0.2, -0.15) is 0 Å². The largest absolute Gasteiger partial charge is 0.325 e. The molecule has 0 heterocycles. The van der Waals surface area contributed by atoms with Crippen molar-refractivity contribution in [3.8, 4) is 0 Å². The van der Waals surface area contributed by atoms with E-state index in [1.54, 1.807) is 36.4 Å². The Hall–Kier alpha value is -4.62. The molecule has 0 saturated heterocycles. The summed E-state index contributed by atoms with van der Waals surface area (Å²) in [4.78, 5) is 40.3. The number of anilines is 2. The van der Waals surface area contributed by atoms with E-state index in [-0.39, 0.29) is 22.8 Å². The second-order valence-electron chi connectivity index (χ2n) is 10.0. The molecule has 0 aliphatic carbocycles. The van der Waals surface area contributed by atoms with E-state index in [0.29, 0.717) is 17.7 Å². The van der Waals surface area contributed by atoms with Gasteiger partial charge in [-0.15, -0.1) is 11.8 Å². The Morgan fingerprint density at radius 1 is 0.810 bits per heavy atom. The Balaban J connectivity index is 1.50. The van der Waals surface area contributed by atoms with Gasteiger partial charge in [-0.05, 0) is 86.4 Å². The number of carbonyl (C=O) groups is 3. The number of carbonyl (C=O) groups excluding carboxylic acids is 3. The van der Waals surface area contributed by atoms with Crippen LogP contribution in [0.15, 0.2) is 108 Å². The standard InChI is InChI=1S/C35H35N3O3S/c1-5-32(35(41)37-30-16-9-11-24(3)25(30)4)42-29-15-10-14-28(22-29)36-34(40)31(21-26-19-17-23(2)18-20-26)38-33(39)27-12-7-6-8-13-27/h6-22,32H,5H2,1-4H3,(H,36,40)(H,37,41)(H,38,39)/b31-21+. The Kier molecular flexibility index (Phi) is 10.3. The molecule has 0 aliphatic heterocycles. The van der Waals surface area contributed by atoms with Gasteiger partial charge < -0.3 is 16.0 Å². The van der Waals surface area contributed by atoms with Gasteiger partial charge in [0, 0.05) is 21.8 Å². The molecule has 1 atom stereocenters. The molecule has 1 unspecified atom stereocenters. The molecule has 4 aromatic rings. The minimum atomic E-state index is -0.457. The number of hydrogen-bond donors (Lipinski definition) is 3. The van der Waals surface area contributed by atoms with E-state index in [9.17, 15) is 14.4 Å². The second kappa shape index (κ2) is 14.3. The number of benzene rings is 4. The fourth-order valence-corrected chi connectivity index (χ4v) is 5.22. The Morgan fingerprint density at radius 3 is 2.24 bits per heavy atom. The normalized spacial score (nSPS) is 11.9. The highest BCUT2D eigenvalue weighted by atomic mass is 32.2. The second-order valence-corrected chi connectivity index (χ2v) is 11.3. The first kappa shape index (κ1) is 30.3. The van der Waals surface area contributed by atoms with Crippen molar-refractivity contribution in [2.24, 2.45) is 0 Å². The van der Waals surface area contributed by atoms with E-state index >= 15 is 0 Å². The molecule has 0 spiro atoms. The van der Waals surface area contributed by atoms with E-state index < -0.39 is 5.91 Å². The molecule has 0 saturated carbocycles. The van der Waals surface area contributed by atoms with Crippen LogP contribution in [0.1, 0.15) is 46.0 Å². The van der Waals surface area contributed by atoms with Crippen LogP contribution in [0.4, 0.5) is 11.4 Å². The smallest absolute Gasteiger partial charge is 0.272 e. The lowest BCUT2D eigenvalue weighted by molar-refractivity contribution is -0.116. The molecule has 3 amide bonds. The van der Waals surface area contributed by atoms with Crippen molar-refractivity contribution >= 4 is 46.9 Å². The van der Waals surface area contributed by atoms with Crippen molar-refractivity contribution in [2.75, 3.05) is 10.6 Å². The van der Waals surface area contributed by atoms with Crippen molar-refractivity contribution in [3.05, 3.63) is 131 Å². The van der Waals surface area contributed by atoms with Gasteiger partial charge in [0.15, 0.2) is 0 Å². The zero-order valence-electron chi connectivity index (χ0n) is 24.2. The summed E-state index contributed by atoms with van der Waals surface area (Å²) in [5, 5.41) is 8.42. The summed E-state index contributed by atoms with van der Waals surface area (Å²) in [7, 11) is 0. The Bertz CT molecular complexity index is 1600. The van der Waals surface area contributed by atoms with Gasteiger partial charge in [-0.3, -0.25) is 14.4 Å². The van der Waals surface area contributed by atoms with Crippen LogP contribution >= 0.6 is 11.8 Å². The lowest BCUT2D eigenvalue weighted by Gasteiger charge is -2.17. The third-order valence-corrected chi connectivity index (χ3v) is 8.17. The van der Waals surface area contributed by atoms with Crippen LogP contribution in [-0.2, 0) is 9.59 Å². The number of thioether (sulfide) groups is 1. The molecular weight excluding hydrogens is 542 g/mol. The van der Waals surface area contributed by atoms with Gasteiger partial charge in [0.25, 0.3) is 11.8 Å². The van der Waals surface area contributed by atoms with Gasteiger partial charge in [-0.1, -0.05) is 73.2 Å². The van der Waals surface area contributed by atoms with Crippen LogP contribution in [0.2, 0.25) is 0 Å². The van der Waals surface area contributed by atoms with E-state index in [1.165, 1.54) is 11.8 Å². The molecule has 0 bridgehead atoms. The highest BCUT2D eigenvalue weighted by molar-refractivity contribution is 8.00. The highest BCUT2D eigenvalue weighted by Crippen LogP contribution is 2.29. The predicted octanol–water partition coefficient (Wildman–Crippen LogP) is 7.53. The molecule has 214 valence electrons. The van der Waals surface area contributed by atoms with Gasteiger partial charge >= 0.3 is 0 Å². The summed E-state index contributed by atoms with van der Waals surface area (Å²) < 4.78 is 0. The summed E-state index contributed by atoms with van der Waals surface area (Å²) in [5.74, 6) is -0.909. The number of hydrogen-bond acceptors (Lipinski definition) is 4. The Morgan fingerprint density at radius 2 is 1.52 bits per heavy atom. The van der Waals surface area contributed by atoms with Gasteiger partial charge in [-0.25, -0.2) is 0 Å². The first-order chi connectivity index (χ1) is 20.2. The predicted molar refractivity (Wildman–Crippen MR) is 173 cm³/mol. The van der Waals surface area contributed by atoms with Crippen molar-refractivity contribution in [3.63, 3.8) is 0 Å². The maximum atomic E-state index is 13.4.